The van der Waals surface area contributed by atoms with Crippen molar-refractivity contribution in [1.82, 2.24) is 10.6 Å². The molecule has 6 nitrogen and oxygen atoms in total. The molecule has 0 aliphatic heterocycles. The Balaban J connectivity index is 2.20. The van der Waals surface area contributed by atoms with Gasteiger partial charge in [0.25, 0.3) is 0 Å². The zero-order valence-corrected chi connectivity index (χ0v) is 10.1. The van der Waals surface area contributed by atoms with Crippen LogP contribution in [0.15, 0.2) is 0 Å². The summed E-state index contributed by atoms with van der Waals surface area (Å²) in [5.41, 5.74) is 10.5. The van der Waals surface area contributed by atoms with Crippen molar-refractivity contribution in [3.63, 3.8) is 0 Å². The van der Waals surface area contributed by atoms with Gasteiger partial charge in [0.1, 0.15) is 0 Å². The summed E-state index contributed by atoms with van der Waals surface area (Å²) in [5.74, 6) is 0.614. The van der Waals surface area contributed by atoms with Crippen LogP contribution in [-0.4, -0.2) is 31.6 Å². The maximum Gasteiger partial charge on any atom is 0.312 e. The van der Waals surface area contributed by atoms with E-state index in [4.69, 9.17) is 11.5 Å². The van der Waals surface area contributed by atoms with Crippen molar-refractivity contribution >= 4 is 11.9 Å². The van der Waals surface area contributed by atoms with Crippen molar-refractivity contribution in [2.24, 2.45) is 23.3 Å². The van der Waals surface area contributed by atoms with Crippen LogP contribution in [0.4, 0.5) is 4.79 Å². The Kier molecular flexibility index (Phi) is 5.76. The fourth-order valence-electron chi connectivity index (χ4n) is 2.26. The van der Waals surface area contributed by atoms with Gasteiger partial charge in [-0.25, -0.2) is 4.79 Å². The number of amides is 3. The second-order valence-electron chi connectivity index (χ2n) is 4.55. The first-order valence-corrected chi connectivity index (χ1v) is 6.14. The Bertz CT molecular complexity index is 270. The Morgan fingerprint density at radius 3 is 2.53 bits per heavy atom. The lowest BCUT2D eigenvalue weighted by Gasteiger charge is -2.27. The van der Waals surface area contributed by atoms with E-state index in [0.717, 1.165) is 25.7 Å². The van der Waals surface area contributed by atoms with Crippen LogP contribution in [-0.2, 0) is 4.79 Å². The minimum Gasteiger partial charge on any atom is -0.354 e. The van der Waals surface area contributed by atoms with Gasteiger partial charge in [0.05, 0.1) is 0 Å². The van der Waals surface area contributed by atoms with E-state index in [-0.39, 0.29) is 11.8 Å². The Morgan fingerprint density at radius 2 is 1.88 bits per heavy atom. The lowest BCUT2D eigenvalue weighted by Crippen LogP contribution is -2.40. The van der Waals surface area contributed by atoms with Gasteiger partial charge in [-0.2, -0.15) is 0 Å². The SMILES string of the molecule is NCC1CCCC(C(=O)NCCNC(N)=O)C1. The van der Waals surface area contributed by atoms with Crippen molar-refractivity contribution < 1.29 is 9.59 Å². The zero-order chi connectivity index (χ0) is 12.7. The third kappa shape index (κ3) is 5.04. The van der Waals surface area contributed by atoms with E-state index in [9.17, 15) is 9.59 Å². The topological polar surface area (TPSA) is 110 Å². The van der Waals surface area contributed by atoms with Crippen molar-refractivity contribution in [2.45, 2.75) is 25.7 Å². The van der Waals surface area contributed by atoms with Crippen LogP contribution in [0.1, 0.15) is 25.7 Å². The van der Waals surface area contributed by atoms with E-state index in [0.29, 0.717) is 25.6 Å². The van der Waals surface area contributed by atoms with Crippen LogP contribution in [0.3, 0.4) is 0 Å². The number of nitrogens with two attached hydrogens (primary N) is 2. The average Bonchev–Trinajstić information content (AvgIpc) is 2.34. The van der Waals surface area contributed by atoms with Crippen LogP contribution in [0.25, 0.3) is 0 Å². The van der Waals surface area contributed by atoms with Crippen LogP contribution in [0, 0.1) is 11.8 Å². The molecule has 1 rings (SSSR count). The first-order valence-electron chi connectivity index (χ1n) is 6.14. The molecule has 6 N–H and O–H groups in total. The van der Waals surface area contributed by atoms with Crippen molar-refractivity contribution in [3.8, 4) is 0 Å². The fourth-order valence-corrected chi connectivity index (χ4v) is 2.26. The molecule has 98 valence electrons. The molecule has 0 spiro atoms. The summed E-state index contributed by atoms with van der Waals surface area (Å²) in [5, 5.41) is 5.23. The molecular formula is C11H22N4O2. The summed E-state index contributed by atoms with van der Waals surface area (Å²) in [4.78, 5) is 22.2. The molecule has 1 fully saturated rings. The number of urea groups is 1. The lowest BCUT2D eigenvalue weighted by atomic mass is 9.81. The summed E-state index contributed by atoms with van der Waals surface area (Å²) < 4.78 is 0. The zero-order valence-electron chi connectivity index (χ0n) is 10.1. The summed E-state index contributed by atoms with van der Waals surface area (Å²) >= 11 is 0. The monoisotopic (exact) mass is 242 g/mol. The highest BCUT2D eigenvalue weighted by molar-refractivity contribution is 5.78. The molecule has 0 aromatic carbocycles. The van der Waals surface area contributed by atoms with Gasteiger partial charge in [-0.15, -0.1) is 0 Å². The second-order valence-corrected chi connectivity index (χ2v) is 4.55. The van der Waals surface area contributed by atoms with Crippen molar-refractivity contribution in [2.75, 3.05) is 19.6 Å². The van der Waals surface area contributed by atoms with Gasteiger partial charge in [-0.05, 0) is 31.7 Å². The largest absolute Gasteiger partial charge is 0.354 e. The highest BCUT2D eigenvalue weighted by Gasteiger charge is 2.25. The van der Waals surface area contributed by atoms with Crippen molar-refractivity contribution in [3.05, 3.63) is 0 Å². The molecule has 1 saturated carbocycles. The smallest absolute Gasteiger partial charge is 0.312 e. The van der Waals surface area contributed by atoms with E-state index < -0.39 is 6.03 Å². The highest BCUT2D eigenvalue weighted by atomic mass is 16.2. The molecule has 17 heavy (non-hydrogen) atoms. The van der Waals surface area contributed by atoms with E-state index in [1.165, 1.54) is 0 Å². The molecule has 0 aromatic rings. The second kappa shape index (κ2) is 7.11. The molecule has 1 aliphatic carbocycles. The standard InChI is InChI=1S/C11H22N4O2/c12-7-8-2-1-3-9(6-8)10(16)14-4-5-15-11(13)17/h8-9H,1-7,12H2,(H,14,16)(H3,13,15,17). The number of rotatable bonds is 5. The predicted molar refractivity (Wildman–Crippen MR) is 65.1 cm³/mol. The highest BCUT2D eigenvalue weighted by Crippen LogP contribution is 2.28. The van der Waals surface area contributed by atoms with Crippen LogP contribution in [0.2, 0.25) is 0 Å². The molecule has 0 aromatic heterocycles. The quantitative estimate of drug-likeness (QED) is 0.489. The number of carbonyl (C=O) groups is 2. The van der Waals surface area contributed by atoms with Crippen molar-refractivity contribution in [1.29, 1.82) is 0 Å². The van der Waals surface area contributed by atoms with E-state index in [1.807, 2.05) is 0 Å². The summed E-state index contributed by atoms with van der Waals surface area (Å²) in [6.07, 6.45) is 4.01. The molecule has 0 radical (unpaired) electrons. The van der Waals surface area contributed by atoms with Gasteiger partial charge in [0.15, 0.2) is 0 Å². The molecule has 3 amide bonds. The summed E-state index contributed by atoms with van der Waals surface area (Å²) in [7, 11) is 0. The van der Waals surface area contributed by atoms with E-state index >= 15 is 0 Å². The summed E-state index contributed by atoms with van der Waals surface area (Å²) in [6, 6.07) is -0.569. The molecule has 0 bridgehead atoms. The van der Waals surface area contributed by atoms with Gasteiger partial charge < -0.3 is 22.1 Å². The normalized spacial score (nSPS) is 24.1. The molecule has 6 heteroatoms. The Labute approximate surface area is 101 Å². The minimum absolute atomic E-state index is 0.0643. The first kappa shape index (κ1) is 13.8. The first-order chi connectivity index (χ1) is 8.13. The van der Waals surface area contributed by atoms with Crippen LogP contribution < -0.4 is 22.1 Å². The van der Waals surface area contributed by atoms with Crippen LogP contribution >= 0.6 is 0 Å². The average molecular weight is 242 g/mol. The van der Waals surface area contributed by atoms with Gasteiger partial charge >= 0.3 is 6.03 Å². The molecule has 1 aliphatic rings. The molecule has 2 unspecified atom stereocenters. The number of hydrogen-bond acceptors (Lipinski definition) is 3. The van der Waals surface area contributed by atoms with E-state index in [1.54, 1.807) is 0 Å². The predicted octanol–water partition coefficient (Wildman–Crippen LogP) is -0.464. The molecule has 0 saturated heterocycles. The minimum atomic E-state index is -0.569. The Hall–Kier alpha value is -1.30. The maximum absolute atomic E-state index is 11.8. The third-order valence-corrected chi connectivity index (χ3v) is 3.21. The summed E-state index contributed by atoms with van der Waals surface area (Å²) in [6.45, 7) is 1.45. The van der Waals surface area contributed by atoms with Gasteiger partial charge in [0, 0.05) is 19.0 Å². The fraction of sp³-hybridized carbons (Fsp3) is 0.818. The maximum atomic E-state index is 11.8. The Morgan fingerprint density at radius 1 is 1.18 bits per heavy atom. The lowest BCUT2D eigenvalue weighted by molar-refractivity contribution is -0.126. The molecule has 2 atom stereocenters. The number of carbonyl (C=O) groups excluding carboxylic acids is 2. The molecule has 0 heterocycles. The third-order valence-electron chi connectivity index (χ3n) is 3.21. The van der Waals surface area contributed by atoms with E-state index in [2.05, 4.69) is 10.6 Å². The number of nitrogens with one attached hydrogen (secondary N) is 2. The van der Waals surface area contributed by atoms with Gasteiger partial charge in [-0.3, -0.25) is 4.79 Å². The van der Waals surface area contributed by atoms with Crippen LogP contribution in [0.5, 0.6) is 0 Å². The van der Waals surface area contributed by atoms with Gasteiger partial charge in [-0.1, -0.05) is 6.42 Å². The number of hydrogen-bond donors (Lipinski definition) is 4. The number of primary amides is 1. The molecular weight excluding hydrogens is 220 g/mol. The van der Waals surface area contributed by atoms with Gasteiger partial charge in [0.2, 0.25) is 5.91 Å².